The zero-order valence-corrected chi connectivity index (χ0v) is 10.5. The van der Waals surface area contributed by atoms with Crippen molar-refractivity contribution >= 4 is 5.91 Å². The lowest BCUT2D eigenvalue weighted by molar-refractivity contribution is -0.0590. The topological polar surface area (TPSA) is 49.8 Å². The van der Waals surface area contributed by atoms with Gasteiger partial charge >= 0.3 is 0 Å². The van der Waals surface area contributed by atoms with Gasteiger partial charge in [0.2, 0.25) is 0 Å². The van der Waals surface area contributed by atoms with Crippen LogP contribution in [0.3, 0.4) is 0 Å². The van der Waals surface area contributed by atoms with E-state index in [9.17, 15) is 14.3 Å². The molecule has 2 fully saturated rings. The summed E-state index contributed by atoms with van der Waals surface area (Å²) in [6.45, 7) is 1.32. The van der Waals surface area contributed by atoms with Crippen molar-refractivity contribution in [3.63, 3.8) is 0 Å². The fraction of sp³-hybridized carbons (Fsp3) is 0.500. The van der Waals surface area contributed by atoms with Crippen molar-refractivity contribution < 1.29 is 19.0 Å². The van der Waals surface area contributed by atoms with Crippen LogP contribution in [-0.2, 0) is 4.74 Å². The van der Waals surface area contributed by atoms with Gasteiger partial charge in [-0.05, 0) is 37.1 Å². The third-order valence-electron chi connectivity index (χ3n) is 3.97. The van der Waals surface area contributed by atoms with Crippen LogP contribution in [-0.4, -0.2) is 47.3 Å². The van der Waals surface area contributed by atoms with Gasteiger partial charge in [0.25, 0.3) is 5.91 Å². The van der Waals surface area contributed by atoms with Crippen LogP contribution in [0, 0.1) is 5.82 Å². The normalized spacial score (nSPS) is 30.2. The van der Waals surface area contributed by atoms with E-state index in [0.717, 1.165) is 12.8 Å². The van der Waals surface area contributed by atoms with E-state index in [1.54, 1.807) is 4.90 Å². The second-order valence-corrected chi connectivity index (χ2v) is 5.23. The lowest BCUT2D eigenvalue weighted by Gasteiger charge is -2.25. The number of benzene rings is 1. The summed E-state index contributed by atoms with van der Waals surface area (Å²) in [5.74, 6) is -0.556. The van der Waals surface area contributed by atoms with Gasteiger partial charge in [-0.1, -0.05) is 0 Å². The number of halogens is 1. The van der Waals surface area contributed by atoms with Crippen molar-refractivity contribution in [1.82, 2.24) is 4.90 Å². The number of ether oxygens (including phenoxy) is 1. The quantitative estimate of drug-likeness (QED) is 0.830. The molecule has 19 heavy (non-hydrogen) atoms. The Morgan fingerprint density at radius 2 is 2.16 bits per heavy atom. The van der Waals surface area contributed by atoms with E-state index in [2.05, 4.69) is 0 Å². The van der Waals surface area contributed by atoms with Gasteiger partial charge in [0.1, 0.15) is 17.5 Å². The number of likely N-dealkylation sites (tertiary alicyclic amines) is 1. The van der Waals surface area contributed by atoms with Crippen LogP contribution in [0.2, 0.25) is 0 Å². The second-order valence-electron chi connectivity index (χ2n) is 5.23. The van der Waals surface area contributed by atoms with Crippen LogP contribution >= 0.6 is 0 Å². The molecule has 1 amide bonds. The van der Waals surface area contributed by atoms with E-state index in [0.29, 0.717) is 18.7 Å². The third kappa shape index (κ3) is 2.13. The van der Waals surface area contributed by atoms with Crippen LogP contribution < -0.4 is 0 Å². The third-order valence-corrected chi connectivity index (χ3v) is 3.97. The first-order valence-electron chi connectivity index (χ1n) is 6.48. The van der Waals surface area contributed by atoms with Crippen LogP contribution in [0.4, 0.5) is 4.39 Å². The Morgan fingerprint density at radius 3 is 2.79 bits per heavy atom. The van der Waals surface area contributed by atoms with Crippen molar-refractivity contribution in [2.45, 2.75) is 24.5 Å². The summed E-state index contributed by atoms with van der Waals surface area (Å²) in [5, 5.41) is 10.1. The predicted octanol–water partition coefficient (Wildman–Crippen LogP) is 1.19. The first-order chi connectivity index (χ1) is 9.11. The Kier molecular flexibility index (Phi) is 3.03. The van der Waals surface area contributed by atoms with E-state index in [1.165, 1.54) is 24.3 Å². The minimum absolute atomic E-state index is 0.188. The van der Waals surface area contributed by atoms with Crippen molar-refractivity contribution in [2.24, 2.45) is 0 Å². The monoisotopic (exact) mass is 265 g/mol. The number of carbonyl (C=O) groups excluding carboxylic acids is 1. The Hall–Kier alpha value is -1.46. The van der Waals surface area contributed by atoms with Crippen LogP contribution in [0.5, 0.6) is 0 Å². The molecular formula is C14H16FNO3. The molecule has 102 valence electrons. The van der Waals surface area contributed by atoms with Gasteiger partial charge in [0.05, 0.1) is 6.54 Å². The SMILES string of the molecule is O=C(c1ccc(F)cc1)N1C[C@H](O)[C@]2(CCCO2)C1. The number of rotatable bonds is 1. The molecule has 1 aromatic rings. The predicted molar refractivity (Wildman–Crippen MR) is 66.2 cm³/mol. The van der Waals surface area contributed by atoms with Gasteiger partial charge in [-0.3, -0.25) is 4.79 Å². The smallest absolute Gasteiger partial charge is 0.254 e. The highest BCUT2D eigenvalue weighted by Gasteiger charge is 2.50. The molecule has 2 aliphatic rings. The molecule has 5 heteroatoms. The number of aliphatic hydroxyl groups is 1. The standard InChI is InChI=1S/C14H16FNO3/c15-11-4-2-10(3-5-11)13(18)16-8-12(17)14(9-16)6-1-7-19-14/h2-5,12,17H,1,6-9H2/t12-,14-/m0/s1. The van der Waals surface area contributed by atoms with Crippen molar-refractivity contribution in [3.8, 4) is 0 Å². The van der Waals surface area contributed by atoms with E-state index in [1.807, 2.05) is 0 Å². The molecule has 2 aliphatic heterocycles. The lowest BCUT2D eigenvalue weighted by Crippen LogP contribution is -2.41. The number of nitrogens with zero attached hydrogens (tertiary/aromatic N) is 1. The maximum atomic E-state index is 12.8. The lowest BCUT2D eigenvalue weighted by atomic mass is 9.97. The van der Waals surface area contributed by atoms with Crippen LogP contribution in [0.1, 0.15) is 23.2 Å². The number of carbonyl (C=O) groups is 1. The van der Waals surface area contributed by atoms with Gasteiger partial charge in [-0.25, -0.2) is 4.39 Å². The molecular weight excluding hydrogens is 249 g/mol. The molecule has 1 spiro atoms. The molecule has 0 radical (unpaired) electrons. The summed E-state index contributed by atoms with van der Waals surface area (Å²) in [6, 6.07) is 5.46. The molecule has 0 bridgehead atoms. The molecule has 0 saturated carbocycles. The van der Waals surface area contributed by atoms with Crippen LogP contribution in [0.25, 0.3) is 0 Å². The van der Waals surface area contributed by atoms with Crippen molar-refractivity contribution in [3.05, 3.63) is 35.6 Å². The van der Waals surface area contributed by atoms with E-state index in [4.69, 9.17) is 4.74 Å². The second kappa shape index (κ2) is 4.58. The summed E-state index contributed by atoms with van der Waals surface area (Å²) < 4.78 is 18.5. The van der Waals surface area contributed by atoms with Crippen molar-refractivity contribution in [2.75, 3.05) is 19.7 Å². The number of β-amino-alcohol motifs (C(OH)–C–C–N with tert-alkyl or cyclic N) is 1. The zero-order valence-electron chi connectivity index (χ0n) is 10.5. The Balaban J connectivity index is 1.77. The van der Waals surface area contributed by atoms with E-state index >= 15 is 0 Å². The number of hydrogen-bond acceptors (Lipinski definition) is 3. The molecule has 1 aromatic carbocycles. The molecule has 1 N–H and O–H groups in total. The largest absolute Gasteiger partial charge is 0.388 e. The van der Waals surface area contributed by atoms with Gasteiger partial charge in [0.15, 0.2) is 0 Å². The van der Waals surface area contributed by atoms with E-state index in [-0.39, 0.29) is 18.3 Å². The Bertz CT molecular complexity index is 482. The van der Waals surface area contributed by atoms with Gasteiger partial charge in [-0.2, -0.15) is 0 Å². The van der Waals surface area contributed by atoms with Crippen molar-refractivity contribution in [1.29, 1.82) is 0 Å². The number of hydrogen-bond donors (Lipinski definition) is 1. The molecule has 2 atom stereocenters. The Labute approximate surface area is 110 Å². The van der Waals surface area contributed by atoms with Crippen LogP contribution in [0.15, 0.2) is 24.3 Å². The maximum absolute atomic E-state index is 12.8. The maximum Gasteiger partial charge on any atom is 0.254 e. The number of aliphatic hydroxyl groups excluding tert-OH is 1. The molecule has 2 saturated heterocycles. The first-order valence-corrected chi connectivity index (χ1v) is 6.48. The Morgan fingerprint density at radius 1 is 1.42 bits per heavy atom. The molecule has 3 rings (SSSR count). The highest BCUT2D eigenvalue weighted by atomic mass is 19.1. The minimum atomic E-state index is -0.639. The summed E-state index contributed by atoms with van der Waals surface area (Å²) in [4.78, 5) is 13.9. The fourth-order valence-electron chi connectivity index (χ4n) is 2.90. The van der Waals surface area contributed by atoms with Gasteiger partial charge in [0, 0.05) is 18.7 Å². The molecule has 2 heterocycles. The summed E-state index contributed by atoms with van der Waals surface area (Å²) in [6.07, 6.45) is 1.05. The summed E-state index contributed by atoms with van der Waals surface area (Å²) in [5.41, 5.74) is -0.154. The zero-order chi connectivity index (χ0) is 13.5. The minimum Gasteiger partial charge on any atom is -0.388 e. The average molecular weight is 265 g/mol. The highest BCUT2D eigenvalue weighted by Crippen LogP contribution is 2.35. The highest BCUT2D eigenvalue weighted by molar-refractivity contribution is 5.94. The fourth-order valence-corrected chi connectivity index (χ4v) is 2.90. The molecule has 4 nitrogen and oxygen atoms in total. The molecule has 0 aromatic heterocycles. The summed E-state index contributed by atoms with van der Waals surface area (Å²) >= 11 is 0. The first kappa shape index (κ1) is 12.6. The van der Waals surface area contributed by atoms with E-state index < -0.39 is 11.7 Å². The number of amides is 1. The summed E-state index contributed by atoms with van der Waals surface area (Å²) in [7, 11) is 0. The molecule has 0 aliphatic carbocycles. The molecule has 0 unspecified atom stereocenters. The van der Waals surface area contributed by atoms with Gasteiger partial charge < -0.3 is 14.7 Å². The average Bonchev–Trinajstić information content (AvgIpc) is 2.99. The van der Waals surface area contributed by atoms with Gasteiger partial charge in [-0.15, -0.1) is 0 Å².